The summed E-state index contributed by atoms with van der Waals surface area (Å²) in [7, 11) is 0. The van der Waals surface area contributed by atoms with Gasteiger partial charge in [0.15, 0.2) is 5.78 Å². The summed E-state index contributed by atoms with van der Waals surface area (Å²) in [5.74, 6) is 0.797. The molecule has 3 aromatic carbocycles. The average molecular weight is 393 g/mol. The van der Waals surface area contributed by atoms with Gasteiger partial charge in [-0.25, -0.2) is 0 Å². The Hall–Kier alpha value is -2.65. The third kappa shape index (κ3) is 5.16. The first-order chi connectivity index (χ1) is 12.2. The first-order valence-electron chi connectivity index (χ1n) is 7.95. The van der Waals surface area contributed by atoms with Crippen molar-refractivity contribution >= 4 is 27.8 Å². The van der Waals surface area contributed by atoms with Crippen LogP contribution >= 0.6 is 15.9 Å². The Morgan fingerprint density at radius 1 is 0.880 bits per heavy atom. The fraction of sp³-hybridized carbons (Fsp3) is 0.0455. The van der Waals surface area contributed by atoms with E-state index in [9.17, 15) is 4.79 Å². The normalized spacial score (nSPS) is 10.8. The summed E-state index contributed by atoms with van der Waals surface area (Å²) in [6.45, 7) is 0.523. The molecule has 0 amide bonds. The molecule has 0 aliphatic carbocycles. The highest BCUT2D eigenvalue weighted by Crippen LogP contribution is 2.17. The van der Waals surface area contributed by atoms with E-state index in [-0.39, 0.29) is 5.78 Å². The topological polar surface area (TPSA) is 26.3 Å². The Morgan fingerprint density at radius 3 is 2.24 bits per heavy atom. The standard InChI is InChI=1S/C22H17BrO2/c23-20-11-6-18(7-12-20)16-25-21-13-8-17(9-14-21)10-15-22(24)19-4-2-1-3-5-19/h1-15H,16H2/b15-10+. The lowest BCUT2D eigenvalue weighted by molar-refractivity contribution is 0.104. The van der Waals surface area contributed by atoms with Gasteiger partial charge >= 0.3 is 0 Å². The molecule has 3 aromatic rings. The summed E-state index contributed by atoms with van der Waals surface area (Å²) in [6, 6.07) is 25.0. The minimum Gasteiger partial charge on any atom is -0.489 e. The number of carbonyl (C=O) groups excluding carboxylic acids is 1. The highest BCUT2D eigenvalue weighted by molar-refractivity contribution is 9.10. The monoisotopic (exact) mass is 392 g/mol. The fourth-order valence-electron chi connectivity index (χ4n) is 2.29. The Bertz CT molecular complexity index is 851. The van der Waals surface area contributed by atoms with Crippen LogP contribution in [0.5, 0.6) is 5.75 Å². The van der Waals surface area contributed by atoms with Gasteiger partial charge in [-0.2, -0.15) is 0 Å². The molecule has 0 aliphatic rings. The van der Waals surface area contributed by atoms with Crippen LogP contribution in [0.1, 0.15) is 21.5 Å². The van der Waals surface area contributed by atoms with E-state index in [4.69, 9.17) is 4.74 Å². The Balaban J connectivity index is 1.57. The van der Waals surface area contributed by atoms with Crippen LogP contribution in [0, 0.1) is 0 Å². The van der Waals surface area contributed by atoms with Crippen molar-refractivity contribution in [2.75, 3.05) is 0 Å². The molecule has 3 heteroatoms. The lowest BCUT2D eigenvalue weighted by Crippen LogP contribution is -1.95. The molecule has 25 heavy (non-hydrogen) atoms. The zero-order valence-electron chi connectivity index (χ0n) is 13.6. The van der Waals surface area contributed by atoms with E-state index in [1.54, 1.807) is 6.08 Å². The molecule has 0 saturated carbocycles. The van der Waals surface area contributed by atoms with Gasteiger partial charge in [0.05, 0.1) is 0 Å². The number of rotatable bonds is 6. The lowest BCUT2D eigenvalue weighted by atomic mass is 10.1. The number of halogens is 1. The van der Waals surface area contributed by atoms with Crippen LogP contribution in [0.4, 0.5) is 0 Å². The summed E-state index contributed by atoms with van der Waals surface area (Å²) in [4.78, 5) is 12.1. The zero-order chi connectivity index (χ0) is 17.5. The summed E-state index contributed by atoms with van der Waals surface area (Å²) < 4.78 is 6.83. The smallest absolute Gasteiger partial charge is 0.185 e. The molecule has 0 fully saturated rings. The van der Waals surface area contributed by atoms with Gasteiger partial charge in [0.25, 0.3) is 0 Å². The number of ketones is 1. The Kier molecular flexibility index (Phi) is 5.81. The van der Waals surface area contributed by atoms with Crippen LogP contribution in [0.3, 0.4) is 0 Å². The van der Waals surface area contributed by atoms with Crippen molar-refractivity contribution in [1.82, 2.24) is 0 Å². The molecule has 0 bridgehead atoms. The Labute approximate surface area is 155 Å². The number of hydrogen-bond acceptors (Lipinski definition) is 2. The van der Waals surface area contributed by atoms with Gasteiger partial charge in [-0.15, -0.1) is 0 Å². The molecule has 0 saturated heterocycles. The second-order valence-corrected chi connectivity index (χ2v) is 6.46. The lowest BCUT2D eigenvalue weighted by Gasteiger charge is -2.06. The van der Waals surface area contributed by atoms with Gasteiger partial charge in [0.2, 0.25) is 0 Å². The Morgan fingerprint density at radius 2 is 1.56 bits per heavy atom. The third-order valence-corrected chi connectivity index (χ3v) is 4.21. The predicted octanol–water partition coefficient (Wildman–Crippen LogP) is 5.92. The minimum absolute atomic E-state index is 0.00355. The van der Waals surface area contributed by atoms with E-state index in [0.717, 1.165) is 21.3 Å². The van der Waals surface area contributed by atoms with Crippen LogP contribution in [-0.4, -0.2) is 5.78 Å². The molecule has 0 spiro atoms. The number of hydrogen-bond donors (Lipinski definition) is 0. The molecule has 0 heterocycles. The van der Waals surface area contributed by atoms with Gasteiger partial charge in [0.1, 0.15) is 12.4 Å². The highest BCUT2D eigenvalue weighted by Gasteiger charge is 2.00. The van der Waals surface area contributed by atoms with Crippen molar-refractivity contribution in [1.29, 1.82) is 0 Å². The molecule has 0 aliphatic heterocycles. The van der Waals surface area contributed by atoms with Crippen LogP contribution in [0.2, 0.25) is 0 Å². The van der Waals surface area contributed by atoms with E-state index in [2.05, 4.69) is 15.9 Å². The third-order valence-electron chi connectivity index (χ3n) is 3.68. The highest BCUT2D eigenvalue weighted by atomic mass is 79.9. The molecule has 0 unspecified atom stereocenters. The summed E-state index contributed by atoms with van der Waals surface area (Å²) in [5.41, 5.74) is 2.76. The summed E-state index contributed by atoms with van der Waals surface area (Å²) >= 11 is 3.42. The number of ether oxygens (including phenoxy) is 1. The zero-order valence-corrected chi connectivity index (χ0v) is 15.1. The van der Waals surface area contributed by atoms with Crippen molar-refractivity contribution in [2.45, 2.75) is 6.61 Å². The van der Waals surface area contributed by atoms with Gasteiger partial charge in [-0.3, -0.25) is 4.79 Å². The van der Waals surface area contributed by atoms with Crippen LogP contribution in [-0.2, 0) is 6.61 Å². The van der Waals surface area contributed by atoms with E-state index in [1.807, 2.05) is 84.9 Å². The molecule has 0 aromatic heterocycles. The quantitative estimate of drug-likeness (QED) is 0.384. The molecule has 2 nitrogen and oxygen atoms in total. The second kappa shape index (κ2) is 8.45. The largest absolute Gasteiger partial charge is 0.489 e. The van der Waals surface area contributed by atoms with E-state index in [0.29, 0.717) is 12.2 Å². The summed E-state index contributed by atoms with van der Waals surface area (Å²) in [5, 5.41) is 0. The van der Waals surface area contributed by atoms with Gasteiger partial charge in [-0.05, 0) is 41.5 Å². The molecule has 3 rings (SSSR count). The molecular weight excluding hydrogens is 376 g/mol. The maximum Gasteiger partial charge on any atom is 0.185 e. The van der Waals surface area contributed by atoms with Crippen LogP contribution in [0.25, 0.3) is 6.08 Å². The molecule has 0 atom stereocenters. The van der Waals surface area contributed by atoms with E-state index >= 15 is 0 Å². The fourth-order valence-corrected chi connectivity index (χ4v) is 2.56. The van der Waals surface area contributed by atoms with E-state index in [1.165, 1.54) is 0 Å². The van der Waals surface area contributed by atoms with Crippen molar-refractivity contribution in [2.24, 2.45) is 0 Å². The minimum atomic E-state index is -0.00355. The molecular formula is C22H17BrO2. The van der Waals surface area contributed by atoms with Crippen molar-refractivity contribution in [3.63, 3.8) is 0 Å². The molecule has 0 N–H and O–H groups in total. The first-order valence-corrected chi connectivity index (χ1v) is 8.75. The van der Waals surface area contributed by atoms with Crippen LogP contribution in [0.15, 0.2) is 89.4 Å². The molecule has 124 valence electrons. The number of benzene rings is 3. The SMILES string of the molecule is O=C(/C=C/c1ccc(OCc2ccc(Br)cc2)cc1)c1ccccc1. The predicted molar refractivity (Wildman–Crippen MR) is 105 cm³/mol. The molecule has 0 radical (unpaired) electrons. The van der Waals surface area contributed by atoms with Crippen molar-refractivity contribution in [3.8, 4) is 5.75 Å². The maximum absolute atomic E-state index is 12.1. The maximum atomic E-state index is 12.1. The van der Waals surface area contributed by atoms with Gasteiger partial charge in [-0.1, -0.05) is 76.6 Å². The number of carbonyl (C=O) groups is 1. The number of allylic oxidation sites excluding steroid dienone is 1. The van der Waals surface area contributed by atoms with Crippen molar-refractivity contribution < 1.29 is 9.53 Å². The second-order valence-electron chi connectivity index (χ2n) is 5.55. The summed E-state index contributed by atoms with van der Waals surface area (Å²) in [6.07, 6.45) is 3.40. The average Bonchev–Trinajstić information content (AvgIpc) is 2.67. The van der Waals surface area contributed by atoms with E-state index < -0.39 is 0 Å². The van der Waals surface area contributed by atoms with Gasteiger partial charge < -0.3 is 4.74 Å². The van der Waals surface area contributed by atoms with Gasteiger partial charge in [0, 0.05) is 10.0 Å². The first kappa shape index (κ1) is 17.2. The van der Waals surface area contributed by atoms with Crippen LogP contribution < -0.4 is 4.74 Å². The van der Waals surface area contributed by atoms with Crippen molar-refractivity contribution in [3.05, 3.63) is 106 Å².